The summed E-state index contributed by atoms with van der Waals surface area (Å²) in [7, 11) is 0. The lowest BCUT2D eigenvalue weighted by Gasteiger charge is -2.20. The molecule has 0 aliphatic rings. The fraction of sp³-hybridized carbons (Fsp3) is 0.227. The van der Waals surface area contributed by atoms with E-state index in [1.165, 1.54) is 32.0 Å². The first kappa shape index (κ1) is 21.0. The second kappa shape index (κ2) is 9.21. The van der Waals surface area contributed by atoms with Gasteiger partial charge >= 0.3 is 5.97 Å². The second-order valence-corrected chi connectivity index (χ2v) is 6.90. The van der Waals surface area contributed by atoms with Gasteiger partial charge in [-0.25, -0.2) is 9.18 Å². The normalized spacial score (nSPS) is 12.8. The van der Waals surface area contributed by atoms with Crippen molar-refractivity contribution in [2.75, 3.05) is 5.32 Å². The number of aromatic nitrogens is 1. The van der Waals surface area contributed by atoms with Gasteiger partial charge in [-0.05, 0) is 36.8 Å². The van der Waals surface area contributed by atoms with Crippen molar-refractivity contribution in [3.8, 4) is 0 Å². The smallest absolute Gasteiger partial charge is 0.329 e. The Labute approximate surface area is 172 Å². The van der Waals surface area contributed by atoms with E-state index in [2.05, 4.69) is 15.6 Å². The average Bonchev–Trinajstić information content (AvgIpc) is 3.10. The highest BCUT2D eigenvalue weighted by molar-refractivity contribution is 5.95. The van der Waals surface area contributed by atoms with Gasteiger partial charge in [-0.1, -0.05) is 24.3 Å². The van der Waals surface area contributed by atoms with Crippen molar-refractivity contribution in [2.24, 2.45) is 0 Å². The zero-order chi connectivity index (χ0) is 21.7. The number of benzene rings is 2. The molecule has 0 saturated heterocycles. The molecule has 0 aliphatic heterocycles. The molecule has 0 radical (unpaired) electrons. The third kappa shape index (κ3) is 5.22. The first-order valence-electron chi connectivity index (χ1n) is 9.42. The zero-order valence-electron chi connectivity index (χ0n) is 16.6. The van der Waals surface area contributed by atoms with Crippen molar-refractivity contribution < 1.29 is 23.5 Å². The van der Waals surface area contributed by atoms with Crippen molar-refractivity contribution in [3.63, 3.8) is 0 Å². The summed E-state index contributed by atoms with van der Waals surface area (Å²) in [5, 5.41) is 5.99. The fourth-order valence-electron chi connectivity index (χ4n) is 3.08. The monoisotopic (exact) mass is 411 g/mol. The van der Waals surface area contributed by atoms with Crippen LogP contribution in [0, 0.1) is 5.82 Å². The Morgan fingerprint density at radius 1 is 1.13 bits per heavy atom. The van der Waals surface area contributed by atoms with Gasteiger partial charge < -0.3 is 20.4 Å². The van der Waals surface area contributed by atoms with Crippen molar-refractivity contribution in [2.45, 2.75) is 32.4 Å². The van der Waals surface area contributed by atoms with Crippen LogP contribution in [0.25, 0.3) is 10.9 Å². The molecular formula is C22H22FN3O4. The molecule has 0 unspecified atom stereocenters. The van der Waals surface area contributed by atoms with Crippen LogP contribution in [0.2, 0.25) is 0 Å². The molecule has 30 heavy (non-hydrogen) atoms. The molecule has 0 spiro atoms. The van der Waals surface area contributed by atoms with E-state index in [0.29, 0.717) is 0 Å². The number of rotatable bonds is 7. The number of carbonyl (C=O) groups excluding carboxylic acids is 3. The molecule has 7 nitrogen and oxygen atoms in total. The van der Waals surface area contributed by atoms with Crippen LogP contribution in [0.1, 0.15) is 19.4 Å². The Morgan fingerprint density at radius 2 is 1.90 bits per heavy atom. The Morgan fingerprint density at radius 3 is 2.63 bits per heavy atom. The quantitative estimate of drug-likeness (QED) is 0.521. The van der Waals surface area contributed by atoms with Crippen molar-refractivity contribution in [1.82, 2.24) is 10.3 Å². The van der Waals surface area contributed by atoms with E-state index >= 15 is 0 Å². The van der Waals surface area contributed by atoms with E-state index in [4.69, 9.17) is 4.74 Å². The largest absolute Gasteiger partial charge is 0.451 e. The minimum absolute atomic E-state index is 0.195. The molecule has 2 aromatic carbocycles. The highest BCUT2D eigenvalue weighted by Gasteiger charge is 2.27. The number of nitrogens with one attached hydrogen (secondary N) is 3. The molecule has 0 saturated carbocycles. The highest BCUT2D eigenvalue weighted by Crippen LogP contribution is 2.19. The Hall–Kier alpha value is -3.68. The predicted molar refractivity (Wildman–Crippen MR) is 110 cm³/mol. The van der Waals surface area contributed by atoms with Crippen molar-refractivity contribution >= 4 is 34.4 Å². The molecule has 3 aromatic rings. The SMILES string of the molecule is CC(=O)N[C@@H](Cc1c[nH]c2ccccc12)C(=O)O[C@H](C)C(=O)Nc1cccc(F)c1. The van der Waals surface area contributed by atoms with Gasteiger partial charge in [0.15, 0.2) is 6.10 Å². The number of halogens is 1. The molecule has 0 aliphatic carbocycles. The fourth-order valence-corrected chi connectivity index (χ4v) is 3.08. The Bertz CT molecular complexity index is 1080. The summed E-state index contributed by atoms with van der Waals surface area (Å²) >= 11 is 0. The molecule has 0 bridgehead atoms. The lowest BCUT2D eigenvalue weighted by atomic mass is 10.0. The standard InChI is InChI=1S/C22H22FN3O4/c1-13(21(28)26-17-7-5-6-16(23)11-17)30-22(29)20(25-14(2)27)10-15-12-24-19-9-4-3-8-18(15)19/h3-9,11-13,20,24H,10H2,1-2H3,(H,25,27)(H,26,28)/t13-,20+/m1/s1. The topological polar surface area (TPSA) is 100 Å². The summed E-state index contributed by atoms with van der Waals surface area (Å²) in [4.78, 5) is 39.7. The highest BCUT2D eigenvalue weighted by atomic mass is 19.1. The number of aromatic amines is 1. The molecule has 1 heterocycles. The lowest BCUT2D eigenvalue weighted by Crippen LogP contribution is -2.44. The van der Waals surface area contributed by atoms with Crippen LogP contribution in [0.4, 0.5) is 10.1 Å². The van der Waals surface area contributed by atoms with E-state index in [0.717, 1.165) is 22.5 Å². The number of anilines is 1. The van der Waals surface area contributed by atoms with Gasteiger partial charge in [0.25, 0.3) is 5.91 Å². The van der Waals surface area contributed by atoms with Crippen LogP contribution < -0.4 is 10.6 Å². The number of para-hydroxylation sites is 1. The number of amides is 2. The lowest BCUT2D eigenvalue weighted by molar-refractivity contribution is -0.156. The third-order valence-electron chi connectivity index (χ3n) is 4.52. The minimum atomic E-state index is -1.14. The molecule has 3 rings (SSSR count). The van der Waals surface area contributed by atoms with Crippen LogP contribution >= 0.6 is 0 Å². The minimum Gasteiger partial charge on any atom is -0.451 e. The van der Waals surface area contributed by atoms with Gasteiger partial charge in [0.05, 0.1) is 0 Å². The van der Waals surface area contributed by atoms with Crippen LogP contribution in [0.5, 0.6) is 0 Å². The number of hydrogen-bond acceptors (Lipinski definition) is 4. The van der Waals surface area contributed by atoms with Crippen LogP contribution in [-0.4, -0.2) is 34.9 Å². The summed E-state index contributed by atoms with van der Waals surface area (Å²) in [6.45, 7) is 2.71. The van der Waals surface area contributed by atoms with Crippen molar-refractivity contribution in [3.05, 3.63) is 66.1 Å². The summed E-state index contributed by atoms with van der Waals surface area (Å²) in [5.41, 5.74) is 1.99. The van der Waals surface area contributed by atoms with Gasteiger partial charge in [-0.3, -0.25) is 9.59 Å². The third-order valence-corrected chi connectivity index (χ3v) is 4.52. The molecule has 3 N–H and O–H groups in total. The Kier molecular flexibility index (Phi) is 6.46. The van der Waals surface area contributed by atoms with E-state index in [1.807, 2.05) is 24.3 Å². The number of esters is 1. The molecular weight excluding hydrogens is 389 g/mol. The van der Waals surface area contributed by atoms with Crippen LogP contribution in [0.3, 0.4) is 0 Å². The van der Waals surface area contributed by atoms with Gasteiger partial charge in [0.2, 0.25) is 5.91 Å². The molecule has 0 fully saturated rings. The summed E-state index contributed by atoms with van der Waals surface area (Å²) < 4.78 is 18.5. The first-order valence-corrected chi connectivity index (χ1v) is 9.42. The first-order chi connectivity index (χ1) is 14.3. The molecule has 156 valence electrons. The zero-order valence-corrected chi connectivity index (χ0v) is 16.6. The molecule has 1 aromatic heterocycles. The maximum atomic E-state index is 13.3. The predicted octanol–water partition coefficient (Wildman–Crippen LogP) is 2.92. The van der Waals surface area contributed by atoms with Gasteiger partial charge in [-0.2, -0.15) is 0 Å². The second-order valence-electron chi connectivity index (χ2n) is 6.90. The number of fused-ring (bicyclic) bond motifs is 1. The maximum Gasteiger partial charge on any atom is 0.329 e. The van der Waals surface area contributed by atoms with Crippen LogP contribution in [-0.2, 0) is 25.5 Å². The number of H-pyrrole nitrogens is 1. The Balaban J connectivity index is 1.68. The summed E-state index contributed by atoms with van der Waals surface area (Å²) in [6, 6.07) is 12.0. The average molecular weight is 411 g/mol. The van der Waals surface area contributed by atoms with E-state index in [1.54, 1.807) is 6.20 Å². The summed E-state index contributed by atoms with van der Waals surface area (Å²) in [6.07, 6.45) is 0.827. The molecule has 8 heteroatoms. The maximum absolute atomic E-state index is 13.3. The van der Waals surface area contributed by atoms with Crippen molar-refractivity contribution in [1.29, 1.82) is 0 Å². The van der Waals surface area contributed by atoms with Gasteiger partial charge in [0, 0.05) is 36.1 Å². The van der Waals surface area contributed by atoms with E-state index in [9.17, 15) is 18.8 Å². The number of carbonyl (C=O) groups is 3. The van der Waals surface area contributed by atoms with E-state index in [-0.39, 0.29) is 12.1 Å². The van der Waals surface area contributed by atoms with Gasteiger partial charge in [-0.15, -0.1) is 0 Å². The van der Waals surface area contributed by atoms with Gasteiger partial charge in [0.1, 0.15) is 11.9 Å². The number of ether oxygens (including phenoxy) is 1. The van der Waals surface area contributed by atoms with E-state index < -0.39 is 35.7 Å². The number of hydrogen-bond donors (Lipinski definition) is 3. The molecule has 2 amide bonds. The van der Waals surface area contributed by atoms with Crippen LogP contribution in [0.15, 0.2) is 54.7 Å². The molecule has 2 atom stereocenters. The summed E-state index contributed by atoms with van der Waals surface area (Å²) in [5.74, 6) is -2.24.